The number of alkyl halides is 2. The predicted molar refractivity (Wildman–Crippen MR) is 94.0 cm³/mol. The van der Waals surface area contributed by atoms with Crippen LogP contribution in [0.15, 0.2) is 35.7 Å². The van der Waals surface area contributed by atoms with Crippen LogP contribution in [0, 0.1) is 5.82 Å². The molecule has 1 aromatic carbocycles. The molecule has 0 N–H and O–H groups in total. The number of ether oxygens (including phenoxy) is 1. The molecule has 0 amide bonds. The molecule has 1 unspecified atom stereocenters. The van der Waals surface area contributed by atoms with Gasteiger partial charge in [0.2, 0.25) is 0 Å². The van der Waals surface area contributed by atoms with Crippen LogP contribution in [-0.2, 0) is 22.5 Å². The third kappa shape index (κ3) is 4.09. The van der Waals surface area contributed by atoms with Crippen molar-refractivity contribution in [2.75, 3.05) is 13.2 Å². The van der Waals surface area contributed by atoms with Gasteiger partial charge in [0.25, 0.3) is 0 Å². The lowest BCUT2D eigenvalue weighted by Crippen LogP contribution is -2.38. The summed E-state index contributed by atoms with van der Waals surface area (Å²) in [4.78, 5) is 15.2. The van der Waals surface area contributed by atoms with E-state index in [1.807, 2.05) is 4.90 Å². The van der Waals surface area contributed by atoms with Crippen LogP contribution < -0.4 is 0 Å². The molecule has 3 rings (SSSR count). The summed E-state index contributed by atoms with van der Waals surface area (Å²) in [6.45, 7) is 1.31. The van der Waals surface area contributed by atoms with Gasteiger partial charge in [0.15, 0.2) is 0 Å². The first-order valence-electron chi connectivity index (χ1n) is 7.54. The molecule has 7 heteroatoms. The molecule has 0 saturated heterocycles. The van der Waals surface area contributed by atoms with Gasteiger partial charge in [0, 0.05) is 18.0 Å². The number of rotatable bonds is 5. The number of fused-ring (bicyclic) bond motifs is 1. The van der Waals surface area contributed by atoms with Crippen molar-refractivity contribution in [3.05, 3.63) is 57.5 Å². The third-order valence-corrected chi connectivity index (χ3v) is 5.24. The number of esters is 1. The minimum absolute atomic E-state index is 0.0722. The van der Waals surface area contributed by atoms with Crippen molar-refractivity contribution in [3.8, 4) is 0 Å². The first-order chi connectivity index (χ1) is 11.5. The van der Waals surface area contributed by atoms with Crippen molar-refractivity contribution >= 4 is 40.5 Å². The number of hydrogen-bond donors (Lipinski definition) is 0. The molecule has 1 aliphatic heterocycles. The van der Waals surface area contributed by atoms with E-state index in [0.29, 0.717) is 12.1 Å². The molecule has 0 saturated carbocycles. The molecule has 3 nitrogen and oxygen atoms in total. The van der Waals surface area contributed by atoms with E-state index in [1.54, 1.807) is 23.5 Å². The summed E-state index contributed by atoms with van der Waals surface area (Å²) >= 11 is 13.0. The van der Waals surface area contributed by atoms with E-state index >= 15 is 0 Å². The highest BCUT2D eigenvalue weighted by Crippen LogP contribution is 2.31. The second-order valence-corrected chi connectivity index (χ2v) is 7.84. The van der Waals surface area contributed by atoms with Gasteiger partial charge in [-0.1, -0.05) is 12.1 Å². The molecule has 0 fully saturated rings. The van der Waals surface area contributed by atoms with E-state index < -0.39 is 16.8 Å². The number of halogens is 3. The summed E-state index contributed by atoms with van der Waals surface area (Å²) in [5.41, 5.74) is 1.92. The lowest BCUT2D eigenvalue weighted by molar-refractivity contribution is -0.150. The first kappa shape index (κ1) is 17.7. The number of carbonyl (C=O) groups excluding carboxylic acids is 1. The molecule has 2 aromatic rings. The Labute approximate surface area is 153 Å². The molecule has 0 aliphatic carbocycles. The van der Waals surface area contributed by atoms with Crippen molar-refractivity contribution in [1.29, 1.82) is 0 Å². The minimum Gasteiger partial charge on any atom is -0.461 e. The highest BCUT2D eigenvalue weighted by atomic mass is 35.5. The predicted octanol–water partition coefficient (Wildman–Crippen LogP) is 4.33. The van der Waals surface area contributed by atoms with Gasteiger partial charge in [-0.25, -0.2) is 9.18 Å². The number of thiophene rings is 1. The highest BCUT2D eigenvalue weighted by Gasteiger charge is 2.32. The molecule has 24 heavy (non-hydrogen) atoms. The van der Waals surface area contributed by atoms with Crippen LogP contribution in [0.5, 0.6) is 0 Å². The maximum Gasteiger partial charge on any atom is 0.328 e. The summed E-state index contributed by atoms with van der Waals surface area (Å²) in [6, 6.07) is 7.40. The van der Waals surface area contributed by atoms with E-state index in [1.165, 1.54) is 22.6 Å². The van der Waals surface area contributed by atoms with Crippen LogP contribution >= 0.6 is 34.5 Å². The van der Waals surface area contributed by atoms with Gasteiger partial charge in [-0.3, -0.25) is 4.90 Å². The fraction of sp³-hybridized carbons (Fsp3) is 0.353. The molecular weight excluding hydrogens is 372 g/mol. The third-order valence-electron chi connectivity index (χ3n) is 3.96. The van der Waals surface area contributed by atoms with E-state index in [9.17, 15) is 9.18 Å². The van der Waals surface area contributed by atoms with Gasteiger partial charge in [0.1, 0.15) is 23.3 Å². The summed E-state index contributed by atoms with van der Waals surface area (Å²) in [7, 11) is 0. The Kier molecular flexibility index (Phi) is 5.76. The smallest absolute Gasteiger partial charge is 0.328 e. The largest absolute Gasteiger partial charge is 0.461 e. The second kappa shape index (κ2) is 7.83. The van der Waals surface area contributed by atoms with Gasteiger partial charge in [0.05, 0.1) is 0 Å². The Morgan fingerprint density at radius 3 is 2.75 bits per heavy atom. The van der Waals surface area contributed by atoms with Gasteiger partial charge >= 0.3 is 5.97 Å². The Hall–Kier alpha value is -1.14. The van der Waals surface area contributed by atoms with Gasteiger partial charge in [-0.05, 0) is 41.1 Å². The summed E-state index contributed by atoms with van der Waals surface area (Å²) < 4.78 is 18.5. The van der Waals surface area contributed by atoms with Crippen LogP contribution in [0.4, 0.5) is 4.39 Å². The standard InChI is InChI=1S/C17H16Cl2FNO2S/c18-15(19)10-23-17(22)16(11-1-3-13(20)4-2-11)21-7-5-14-12(9-21)6-8-24-14/h1-4,6,8,15-16H,5,7,9-10H2. The molecule has 0 radical (unpaired) electrons. The molecular formula is C17H16Cl2FNO2S. The Balaban J connectivity index is 1.84. The van der Waals surface area contributed by atoms with Crippen molar-refractivity contribution < 1.29 is 13.9 Å². The average Bonchev–Trinajstić information content (AvgIpc) is 3.03. The normalized spacial score (nSPS) is 16.0. The van der Waals surface area contributed by atoms with Crippen molar-refractivity contribution in [2.45, 2.75) is 23.8 Å². The van der Waals surface area contributed by atoms with Gasteiger partial charge < -0.3 is 4.74 Å². The lowest BCUT2D eigenvalue weighted by Gasteiger charge is -2.33. The molecule has 1 aliphatic rings. The van der Waals surface area contributed by atoms with Crippen LogP contribution in [0.3, 0.4) is 0 Å². The Bertz CT molecular complexity index is 705. The fourth-order valence-electron chi connectivity index (χ4n) is 2.86. The number of hydrogen-bond acceptors (Lipinski definition) is 4. The maximum absolute atomic E-state index is 13.2. The Morgan fingerprint density at radius 2 is 2.04 bits per heavy atom. The number of benzene rings is 1. The summed E-state index contributed by atoms with van der Waals surface area (Å²) in [5, 5.41) is 2.06. The zero-order valence-corrected chi connectivity index (χ0v) is 15.1. The minimum atomic E-state index is -0.771. The molecule has 2 heterocycles. The molecule has 0 spiro atoms. The van der Waals surface area contributed by atoms with E-state index in [-0.39, 0.29) is 12.4 Å². The molecule has 128 valence electrons. The Morgan fingerprint density at radius 1 is 1.29 bits per heavy atom. The maximum atomic E-state index is 13.2. The first-order valence-corrected chi connectivity index (χ1v) is 9.29. The van der Waals surface area contributed by atoms with Crippen LogP contribution in [0.1, 0.15) is 22.0 Å². The second-order valence-electron chi connectivity index (χ2n) is 5.56. The number of nitrogens with zero attached hydrogens (tertiary/aromatic N) is 1. The number of carbonyl (C=O) groups is 1. The molecule has 0 bridgehead atoms. The van der Waals surface area contributed by atoms with Crippen molar-refractivity contribution in [3.63, 3.8) is 0 Å². The zero-order valence-electron chi connectivity index (χ0n) is 12.8. The van der Waals surface area contributed by atoms with Crippen molar-refractivity contribution in [2.24, 2.45) is 0 Å². The average molecular weight is 388 g/mol. The quantitative estimate of drug-likeness (QED) is 0.564. The van der Waals surface area contributed by atoms with Gasteiger partial charge in [-0.2, -0.15) is 0 Å². The van der Waals surface area contributed by atoms with Crippen LogP contribution in [0.2, 0.25) is 0 Å². The topological polar surface area (TPSA) is 29.5 Å². The summed E-state index contributed by atoms with van der Waals surface area (Å²) in [6.07, 6.45) is 0.881. The zero-order chi connectivity index (χ0) is 17.1. The molecule has 1 aromatic heterocycles. The van der Waals surface area contributed by atoms with Crippen LogP contribution in [0.25, 0.3) is 0 Å². The summed E-state index contributed by atoms with van der Waals surface area (Å²) in [5.74, 6) is -0.766. The van der Waals surface area contributed by atoms with E-state index in [0.717, 1.165) is 13.0 Å². The monoisotopic (exact) mass is 387 g/mol. The highest BCUT2D eigenvalue weighted by molar-refractivity contribution is 7.10. The van der Waals surface area contributed by atoms with E-state index in [2.05, 4.69) is 11.4 Å². The van der Waals surface area contributed by atoms with Crippen molar-refractivity contribution in [1.82, 2.24) is 4.90 Å². The lowest BCUT2D eigenvalue weighted by atomic mass is 10.0. The van der Waals surface area contributed by atoms with Gasteiger partial charge in [-0.15, -0.1) is 34.5 Å². The van der Waals surface area contributed by atoms with Crippen LogP contribution in [-0.4, -0.2) is 28.9 Å². The fourth-order valence-corrected chi connectivity index (χ4v) is 3.87. The van der Waals surface area contributed by atoms with E-state index in [4.69, 9.17) is 27.9 Å². The SMILES string of the molecule is O=C(OCC(Cl)Cl)C(c1ccc(F)cc1)N1CCc2sccc2C1. The molecule has 1 atom stereocenters.